The highest BCUT2D eigenvalue weighted by atomic mass is 19.4. The Morgan fingerprint density at radius 2 is 1.31 bits per heavy atom. The second-order valence-electron chi connectivity index (χ2n) is 1.91. The molecule has 0 aromatic carbocycles. The zero-order valence-electron chi connectivity index (χ0n) is 5.68. The average Bonchev–Trinajstić information content (AvgIpc) is 1.82. The number of alkyl halides is 6. The molecule has 0 nitrogen and oxygen atoms in total. The molecule has 0 aliphatic rings. The normalized spacial score (nSPS) is 14.5. The van der Waals surface area contributed by atoms with Gasteiger partial charge in [-0.1, -0.05) is 0 Å². The van der Waals surface area contributed by atoms with Crippen molar-refractivity contribution in [3.8, 4) is 0 Å². The minimum atomic E-state index is -5.78. The SMILES string of the molecule is FC(F)=C(C(F)C(F)F)C(F)(F)F. The van der Waals surface area contributed by atoms with Gasteiger partial charge in [-0.05, 0) is 0 Å². The van der Waals surface area contributed by atoms with Crippen LogP contribution in [0.2, 0.25) is 0 Å². The van der Waals surface area contributed by atoms with Gasteiger partial charge < -0.3 is 0 Å². The zero-order chi connectivity index (χ0) is 10.8. The van der Waals surface area contributed by atoms with Crippen molar-refractivity contribution in [2.75, 3.05) is 0 Å². The summed E-state index contributed by atoms with van der Waals surface area (Å²) in [5.74, 6) is 0. The highest BCUT2D eigenvalue weighted by Crippen LogP contribution is 2.35. The molecule has 0 rings (SSSR count). The van der Waals surface area contributed by atoms with Crippen LogP contribution in [-0.2, 0) is 0 Å². The lowest BCUT2D eigenvalue weighted by Gasteiger charge is -2.13. The number of hydrogen-bond acceptors (Lipinski definition) is 0. The van der Waals surface area contributed by atoms with Crippen LogP contribution >= 0.6 is 0 Å². The smallest absolute Gasteiger partial charge is 0.236 e. The van der Waals surface area contributed by atoms with Crippen LogP contribution < -0.4 is 0 Å². The zero-order valence-corrected chi connectivity index (χ0v) is 5.68. The van der Waals surface area contributed by atoms with Crippen molar-refractivity contribution in [3.05, 3.63) is 11.7 Å². The summed E-state index contributed by atoms with van der Waals surface area (Å²) in [5.41, 5.74) is -3.12. The minimum Gasteiger partial charge on any atom is -0.236 e. The van der Waals surface area contributed by atoms with Gasteiger partial charge in [-0.15, -0.1) is 0 Å². The van der Waals surface area contributed by atoms with Crippen LogP contribution in [-0.4, -0.2) is 18.8 Å². The molecule has 13 heavy (non-hydrogen) atoms. The fraction of sp³-hybridized carbons (Fsp3) is 0.600. The van der Waals surface area contributed by atoms with Crippen molar-refractivity contribution in [3.63, 3.8) is 0 Å². The van der Waals surface area contributed by atoms with E-state index >= 15 is 0 Å². The molecule has 0 spiro atoms. The van der Waals surface area contributed by atoms with E-state index in [0.29, 0.717) is 0 Å². The molecule has 78 valence electrons. The molecule has 0 saturated carbocycles. The molecule has 1 unspecified atom stereocenters. The fourth-order valence-electron chi connectivity index (χ4n) is 0.494. The third-order valence-electron chi connectivity index (χ3n) is 1.01. The van der Waals surface area contributed by atoms with Crippen molar-refractivity contribution in [1.82, 2.24) is 0 Å². The Hall–Kier alpha value is -0.820. The van der Waals surface area contributed by atoms with E-state index in [0.717, 1.165) is 0 Å². The summed E-state index contributed by atoms with van der Waals surface area (Å²) in [6, 6.07) is 0. The van der Waals surface area contributed by atoms with E-state index in [9.17, 15) is 35.1 Å². The monoisotopic (exact) mass is 214 g/mol. The lowest BCUT2D eigenvalue weighted by molar-refractivity contribution is -0.113. The molecule has 0 aromatic rings. The third-order valence-corrected chi connectivity index (χ3v) is 1.01. The first kappa shape index (κ1) is 12.2. The topological polar surface area (TPSA) is 0 Å². The number of allylic oxidation sites excluding steroid dienone is 1. The number of rotatable bonds is 2. The first-order valence-corrected chi connectivity index (χ1v) is 2.72. The van der Waals surface area contributed by atoms with Gasteiger partial charge in [0.2, 0.25) is 0 Å². The van der Waals surface area contributed by atoms with Crippen molar-refractivity contribution < 1.29 is 35.1 Å². The summed E-state index contributed by atoms with van der Waals surface area (Å²) >= 11 is 0. The third kappa shape index (κ3) is 3.19. The maximum atomic E-state index is 11.9. The summed E-state index contributed by atoms with van der Waals surface area (Å²) in [6.45, 7) is 0. The Balaban J connectivity index is 4.98. The minimum absolute atomic E-state index is 3.12. The number of hydrogen-bond donors (Lipinski definition) is 0. The highest BCUT2D eigenvalue weighted by molar-refractivity contribution is 5.16. The molecule has 0 amide bonds. The van der Waals surface area contributed by atoms with Gasteiger partial charge in [0, 0.05) is 0 Å². The van der Waals surface area contributed by atoms with Crippen LogP contribution in [0.5, 0.6) is 0 Å². The maximum Gasteiger partial charge on any atom is 0.420 e. The van der Waals surface area contributed by atoms with Crippen molar-refractivity contribution in [2.24, 2.45) is 0 Å². The predicted octanol–water partition coefficient (Wildman–Crippen LogP) is 3.30. The molecular formula is C5H2F8. The van der Waals surface area contributed by atoms with Crippen molar-refractivity contribution in [1.29, 1.82) is 0 Å². The van der Waals surface area contributed by atoms with Gasteiger partial charge in [0.05, 0.1) is 0 Å². The first-order chi connectivity index (χ1) is 5.68. The molecule has 0 aliphatic heterocycles. The van der Waals surface area contributed by atoms with Crippen LogP contribution in [0.1, 0.15) is 0 Å². The van der Waals surface area contributed by atoms with Gasteiger partial charge in [-0.2, -0.15) is 22.0 Å². The Morgan fingerprint density at radius 3 is 1.38 bits per heavy atom. The molecule has 0 radical (unpaired) electrons. The second-order valence-corrected chi connectivity index (χ2v) is 1.91. The van der Waals surface area contributed by atoms with E-state index in [4.69, 9.17) is 0 Å². The van der Waals surface area contributed by atoms with E-state index in [1.165, 1.54) is 0 Å². The van der Waals surface area contributed by atoms with E-state index in [1.54, 1.807) is 0 Å². The molecule has 0 aliphatic carbocycles. The van der Waals surface area contributed by atoms with Gasteiger partial charge in [-0.25, -0.2) is 13.2 Å². The molecule has 0 N–H and O–H groups in total. The van der Waals surface area contributed by atoms with Crippen LogP contribution in [0.3, 0.4) is 0 Å². The molecule has 8 heteroatoms. The molecular weight excluding hydrogens is 212 g/mol. The van der Waals surface area contributed by atoms with Crippen LogP contribution in [0.4, 0.5) is 35.1 Å². The maximum absolute atomic E-state index is 11.9. The standard InChI is InChI=1S/C5H2F8/c6-2(4(9)10)1(3(7)8)5(11,12)13/h2,4H. The van der Waals surface area contributed by atoms with Gasteiger partial charge in [0.25, 0.3) is 12.5 Å². The first-order valence-electron chi connectivity index (χ1n) is 2.72. The lowest BCUT2D eigenvalue weighted by Crippen LogP contribution is -2.27. The highest BCUT2D eigenvalue weighted by Gasteiger charge is 2.46. The Morgan fingerprint density at radius 1 is 0.923 bits per heavy atom. The van der Waals surface area contributed by atoms with Gasteiger partial charge in [0.15, 0.2) is 6.17 Å². The average molecular weight is 214 g/mol. The van der Waals surface area contributed by atoms with E-state index in [-0.39, 0.29) is 0 Å². The molecule has 0 heterocycles. The lowest BCUT2D eigenvalue weighted by atomic mass is 10.2. The second kappa shape index (κ2) is 3.93. The Bertz CT molecular complexity index is 197. The van der Waals surface area contributed by atoms with Crippen LogP contribution in [0.25, 0.3) is 0 Å². The summed E-state index contributed by atoms with van der Waals surface area (Å²) in [6.07, 6.45) is -17.4. The largest absolute Gasteiger partial charge is 0.420 e. The molecule has 0 fully saturated rings. The molecule has 0 bridgehead atoms. The van der Waals surface area contributed by atoms with E-state index in [2.05, 4.69) is 0 Å². The summed E-state index contributed by atoms with van der Waals surface area (Å²) in [5, 5.41) is 0. The number of halogens is 8. The summed E-state index contributed by atoms with van der Waals surface area (Å²) < 4.78 is 91.8. The summed E-state index contributed by atoms with van der Waals surface area (Å²) in [4.78, 5) is 0. The van der Waals surface area contributed by atoms with Gasteiger partial charge in [-0.3, -0.25) is 0 Å². The van der Waals surface area contributed by atoms with Crippen molar-refractivity contribution in [2.45, 2.75) is 18.8 Å². The van der Waals surface area contributed by atoms with Crippen molar-refractivity contribution >= 4 is 0 Å². The Labute approximate surface area is 66.8 Å². The van der Waals surface area contributed by atoms with E-state index in [1.807, 2.05) is 0 Å². The molecule has 1 atom stereocenters. The quantitative estimate of drug-likeness (QED) is 0.618. The van der Waals surface area contributed by atoms with Crippen LogP contribution in [0, 0.1) is 0 Å². The van der Waals surface area contributed by atoms with Gasteiger partial charge >= 0.3 is 6.18 Å². The fourth-order valence-corrected chi connectivity index (χ4v) is 0.494. The summed E-state index contributed by atoms with van der Waals surface area (Å²) in [7, 11) is 0. The van der Waals surface area contributed by atoms with E-state index < -0.39 is 30.4 Å². The van der Waals surface area contributed by atoms with Gasteiger partial charge in [0.1, 0.15) is 5.57 Å². The molecule has 0 aromatic heterocycles. The predicted molar refractivity (Wildman–Crippen MR) is 26.2 cm³/mol. The van der Waals surface area contributed by atoms with Crippen LogP contribution in [0.15, 0.2) is 11.7 Å². The Kier molecular flexibility index (Phi) is 3.68. The molecule has 0 saturated heterocycles.